The molecule has 0 radical (unpaired) electrons. The Labute approximate surface area is 104 Å². The van der Waals surface area contributed by atoms with Gasteiger partial charge < -0.3 is 10.1 Å². The van der Waals surface area contributed by atoms with E-state index in [0.717, 1.165) is 38.1 Å². The molecule has 0 atom stereocenters. The van der Waals surface area contributed by atoms with Crippen LogP contribution in [0.2, 0.25) is 0 Å². The monoisotopic (exact) mass is 241 g/mol. The van der Waals surface area contributed by atoms with Crippen LogP contribution in [0.5, 0.6) is 5.75 Å². The summed E-state index contributed by atoms with van der Waals surface area (Å²) >= 11 is 0. The molecule has 16 heavy (non-hydrogen) atoms. The van der Waals surface area contributed by atoms with Crippen LogP contribution < -0.4 is 10.1 Å². The third kappa shape index (κ3) is 3.69. The third-order valence-electron chi connectivity index (χ3n) is 2.92. The number of piperidine rings is 1. The van der Waals surface area contributed by atoms with Gasteiger partial charge in [-0.1, -0.05) is 19.1 Å². The Morgan fingerprint density at radius 3 is 2.38 bits per heavy atom. The van der Waals surface area contributed by atoms with Crippen molar-refractivity contribution in [2.24, 2.45) is 0 Å². The summed E-state index contributed by atoms with van der Waals surface area (Å²) in [5, 5.41) is 3.34. The summed E-state index contributed by atoms with van der Waals surface area (Å²) < 4.78 is 5.91. The Hall–Kier alpha value is -0.730. The van der Waals surface area contributed by atoms with Crippen molar-refractivity contribution in [2.45, 2.75) is 32.3 Å². The Morgan fingerprint density at radius 2 is 1.81 bits per heavy atom. The quantitative estimate of drug-likeness (QED) is 0.879. The molecule has 0 bridgehead atoms. The number of ether oxygens (including phenoxy) is 1. The second-order valence-electron chi connectivity index (χ2n) is 4.06. The molecule has 1 aromatic carbocycles. The predicted octanol–water partition coefficient (Wildman–Crippen LogP) is 2.80. The van der Waals surface area contributed by atoms with Crippen molar-refractivity contribution in [3.05, 3.63) is 29.8 Å². The van der Waals surface area contributed by atoms with E-state index >= 15 is 0 Å². The van der Waals surface area contributed by atoms with Gasteiger partial charge in [0.25, 0.3) is 0 Å². The first-order chi connectivity index (χ1) is 7.38. The minimum atomic E-state index is 0. The summed E-state index contributed by atoms with van der Waals surface area (Å²) in [5.74, 6) is 1.01. The van der Waals surface area contributed by atoms with E-state index in [1.807, 2.05) is 0 Å². The first kappa shape index (κ1) is 13.3. The minimum absolute atomic E-state index is 0. The van der Waals surface area contributed by atoms with E-state index in [0.29, 0.717) is 6.10 Å². The van der Waals surface area contributed by atoms with Crippen molar-refractivity contribution in [1.82, 2.24) is 5.32 Å². The lowest BCUT2D eigenvalue weighted by atomic mass is 10.1. The average molecular weight is 242 g/mol. The van der Waals surface area contributed by atoms with Crippen LogP contribution in [0.3, 0.4) is 0 Å². The van der Waals surface area contributed by atoms with Gasteiger partial charge in [0.15, 0.2) is 0 Å². The molecule has 0 saturated carbocycles. The minimum Gasteiger partial charge on any atom is -0.490 e. The van der Waals surface area contributed by atoms with Crippen molar-refractivity contribution in [3.63, 3.8) is 0 Å². The van der Waals surface area contributed by atoms with E-state index in [-0.39, 0.29) is 12.4 Å². The van der Waals surface area contributed by atoms with Crippen LogP contribution in [0, 0.1) is 0 Å². The highest BCUT2D eigenvalue weighted by Gasteiger charge is 2.13. The summed E-state index contributed by atoms with van der Waals surface area (Å²) in [7, 11) is 0. The van der Waals surface area contributed by atoms with Gasteiger partial charge in [-0.2, -0.15) is 0 Å². The van der Waals surface area contributed by atoms with Crippen molar-refractivity contribution in [2.75, 3.05) is 13.1 Å². The van der Waals surface area contributed by atoms with E-state index in [9.17, 15) is 0 Å². The summed E-state index contributed by atoms with van der Waals surface area (Å²) in [6, 6.07) is 8.47. The summed E-state index contributed by atoms with van der Waals surface area (Å²) in [4.78, 5) is 0. The standard InChI is InChI=1S/C13H19NO.ClH/c1-2-11-3-5-12(6-4-11)15-13-7-9-14-10-8-13;/h3-6,13-14H,2,7-10H2,1H3;1H. The van der Waals surface area contributed by atoms with Crippen LogP contribution in [0.25, 0.3) is 0 Å². The number of hydrogen-bond donors (Lipinski definition) is 1. The molecule has 3 heteroatoms. The van der Waals surface area contributed by atoms with Crippen molar-refractivity contribution >= 4 is 12.4 Å². The lowest BCUT2D eigenvalue weighted by molar-refractivity contribution is 0.162. The van der Waals surface area contributed by atoms with Crippen LogP contribution >= 0.6 is 12.4 Å². The molecule has 1 saturated heterocycles. The summed E-state index contributed by atoms with van der Waals surface area (Å²) in [5.41, 5.74) is 1.37. The number of halogens is 1. The largest absolute Gasteiger partial charge is 0.490 e. The van der Waals surface area contributed by atoms with Crippen LogP contribution in [-0.2, 0) is 6.42 Å². The fourth-order valence-electron chi connectivity index (χ4n) is 1.91. The Bertz CT molecular complexity index is 293. The molecule has 2 rings (SSSR count). The molecule has 1 aromatic rings. The molecule has 0 aromatic heterocycles. The lowest BCUT2D eigenvalue weighted by Crippen LogP contribution is -2.34. The van der Waals surface area contributed by atoms with Crippen LogP contribution in [0.15, 0.2) is 24.3 Å². The molecule has 2 nitrogen and oxygen atoms in total. The second kappa shape index (κ2) is 6.77. The molecule has 0 spiro atoms. The molecule has 1 fully saturated rings. The van der Waals surface area contributed by atoms with E-state index < -0.39 is 0 Å². The predicted molar refractivity (Wildman–Crippen MR) is 69.6 cm³/mol. The first-order valence-corrected chi connectivity index (χ1v) is 5.85. The van der Waals surface area contributed by atoms with Gasteiger partial charge in [-0.05, 0) is 50.0 Å². The Morgan fingerprint density at radius 1 is 1.19 bits per heavy atom. The lowest BCUT2D eigenvalue weighted by Gasteiger charge is -2.23. The van der Waals surface area contributed by atoms with Gasteiger partial charge in [-0.3, -0.25) is 0 Å². The molecule has 1 N–H and O–H groups in total. The van der Waals surface area contributed by atoms with Gasteiger partial charge in [0.1, 0.15) is 11.9 Å². The second-order valence-corrected chi connectivity index (χ2v) is 4.06. The van der Waals surface area contributed by atoms with E-state index in [1.165, 1.54) is 5.56 Å². The molecule has 1 aliphatic heterocycles. The molecule has 0 unspecified atom stereocenters. The summed E-state index contributed by atoms with van der Waals surface area (Å²) in [6.07, 6.45) is 3.73. The van der Waals surface area contributed by atoms with Gasteiger partial charge in [0.05, 0.1) is 0 Å². The highest BCUT2D eigenvalue weighted by molar-refractivity contribution is 5.85. The SMILES string of the molecule is CCc1ccc(OC2CCNCC2)cc1.Cl. The van der Waals surface area contributed by atoms with E-state index in [1.54, 1.807) is 0 Å². The molecule has 1 aliphatic rings. The zero-order valence-corrected chi connectivity index (χ0v) is 10.6. The smallest absolute Gasteiger partial charge is 0.119 e. The topological polar surface area (TPSA) is 21.3 Å². The molecule has 0 amide bonds. The van der Waals surface area contributed by atoms with Gasteiger partial charge in [0, 0.05) is 0 Å². The number of rotatable bonds is 3. The highest BCUT2D eigenvalue weighted by Crippen LogP contribution is 2.17. The molecular weight excluding hydrogens is 222 g/mol. The van der Waals surface area contributed by atoms with Crippen molar-refractivity contribution in [1.29, 1.82) is 0 Å². The maximum Gasteiger partial charge on any atom is 0.119 e. The Balaban J connectivity index is 0.00000128. The zero-order valence-electron chi connectivity index (χ0n) is 9.74. The number of nitrogens with one attached hydrogen (secondary N) is 1. The van der Waals surface area contributed by atoms with E-state index in [2.05, 4.69) is 36.5 Å². The highest BCUT2D eigenvalue weighted by atomic mass is 35.5. The number of aryl methyl sites for hydroxylation is 1. The average Bonchev–Trinajstić information content (AvgIpc) is 2.31. The molecule has 1 heterocycles. The third-order valence-corrected chi connectivity index (χ3v) is 2.92. The molecule has 90 valence electrons. The summed E-state index contributed by atoms with van der Waals surface area (Å²) in [6.45, 7) is 4.33. The van der Waals surface area contributed by atoms with Gasteiger partial charge >= 0.3 is 0 Å². The van der Waals surface area contributed by atoms with Crippen LogP contribution in [0.1, 0.15) is 25.3 Å². The van der Waals surface area contributed by atoms with Crippen LogP contribution in [-0.4, -0.2) is 19.2 Å². The maximum atomic E-state index is 5.91. The van der Waals surface area contributed by atoms with Crippen molar-refractivity contribution in [3.8, 4) is 5.75 Å². The first-order valence-electron chi connectivity index (χ1n) is 5.85. The zero-order chi connectivity index (χ0) is 10.5. The Kier molecular flexibility index (Phi) is 5.64. The van der Waals surface area contributed by atoms with Gasteiger partial charge in [0.2, 0.25) is 0 Å². The number of benzene rings is 1. The van der Waals surface area contributed by atoms with Gasteiger partial charge in [-0.25, -0.2) is 0 Å². The maximum absolute atomic E-state index is 5.91. The fraction of sp³-hybridized carbons (Fsp3) is 0.538. The van der Waals surface area contributed by atoms with Crippen molar-refractivity contribution < 1.29 is 4.74 Å². The normalized spacial score (nSPS) is 16.6. The van der Waals surface area contributed by atoms with Gasteiger partial charge in [-0.15, -0.1) is 12.4 Å². The fourth-order valence-corrected chi connectivity index (χ4v) is 1.91. The van der Waals surface area contributed by atoms with Crippen LogP contribution in [0.4, 0.5) is 0 Å². The number of hydrogen-bond acceptors (Lipinski definition) is 2. The molecule has 0 aliphatic carbocycles. The van der Waals surface area contributed by atoms with E-state index in [4.69, 9.17) is 4.74 Å². The molecular formula is C13H20ClNO.